The van der Waals surface area contributed by atoms with Crippen molar-refractivity contribution in [3.8, 4) is 5.75 Å². The normalized spacial score (nSPS) is 10.9. The summed E-state index contributed by atoms with van der Waals surface area (Å²) in [6.45, 7) is 7.73. The second kappa shape index (κ2) is 6.74. The van der Waals surface area contributed by atoms with Crippen LogP contribution < -0.4 is 4.74 Å². The quantitative estimate of drug-likeness (QED) is 0.699. The number of hydrogen-bond acceptors (Lipinski definition) is 1. The molecule has 0 aliphatic heterocycles. The summed E-state index contributed by atoms with van der Waals surface area (Å²) in [5.41, 5.74) is 0.710. The van der Waals surface area contributed by atoms with Crippen molar-refractivity contribution in [2.45, 2.75) is 40.0 Å². The van der Waals surface area contributed by atoms with Crippen molar-refractivity contribution in [2.75, 3.05) is 0 Å². The molecule has 1 nitrogen and oxygen atoms in total. The van der Waals surface area contributed by atoms with Crippen molar-refractivity contribution in [1.29, 1.82) is 0 Å². The fourth-order valence-corrected chi connectivity index (χ4v) is 1.34. The summed E-state index contributed by atoms with van der Waals surface area (Å²) in [6, 6.07) is 4.10. The molecule has 1 aromatic carbocycles. The summed E-state index contributed by atoms with van der Waals surface area (Å²) in [6.07, 6.45) is -4.68. The zero-order valence-corrected chi connectivity index (χ0v) is 11.0. The van der Waals surface area contributed by atoms with E-state index in [0.29, 0.717) is 5.56 Å². The second-order valence-corrected chi connectivity index (χ2v) is 3.86. The molecular weight excluding hydrogens is 253 g/mol. The number of halogens is 4. The monoisotopic (exact) mass is 268 g/mol. The lowest BCUT2D eigenvalue weighted by Gasteiger charge is -2.12. The van der Waals surface area contributed by atoms with Crippen molar-refractivity contribution in [2.24, 2.45) is 0 Å². The van der Waals surface area contributed by atoms with Gasteiger partial charge in [-0.2, -0.15) is 0 Å². The molecule has 0 aromatic heterocycles. The van der Waals surface area contributed by atoms with Crippen molar-refractivity contribution in [3.05, 3.63) is 28.8 Å². The molecule has 0 amide bonds. The Bertz CT molecular complexity index is 348. The molecule has 17 heavy (non-hydrogen) atoms. The Balaban J connectivity index is 0.00000121. The summed E-state index contributed by atoms with van der Waals surface area (Å²) in [5, 5.41) is 0.237. The fourth-order valence-electron chi connectivity index (χ4n) is 1.11. The van der Waals surface area contributed by atoms with Crippen molar-refractivity contribution in [1.82, 2.24) is 0 Å². The summed E-state index contributed by atoms with van der Waals surface area (Å²) < 4.78 is 39.6. The van der Waals surface area contributed by atoms with Crippen LogP contribution in [0.5, 0.6) is 5.75 Å². The van der Waals surface area contributed by atoms with E-state index >= 15 is 0 Å². The van der Waals surface area contributed by atoms with Gasteiger partial charge in [0, 0.05) is 5.02 Å². The molecule has 0 N–H and O–H groups in total. The number of ether oxygens (including phenoxy) is 1. The lowest BCUT2D eigenvalue weighted by Crippen LogP contribution is -2.17. The molecule has 1 aromatic rings. The molecule has 0 radical (unpaired) electrons. The minimum absolute atomic E-state index is 0.0966. The van der Waals surface area contributed by atoms with Crippen LogP contribution in [0.1, 0.15) is 39.2 Å². The van der Waals surface area contributed by atoms with E-state index in [1.807, 2.05) is 27.7 Å². The van der Waals surface area contributed by atoms with E-state index in [4.69, 9.17) is 11.6 Å². The molecule has 0 aliphatic carbocycles. The topological polar surface area (TPSA) is 9.23 Å². The predicted octanol–water partition coefficient (Wildman–Crippen LogP) is 5.39. The van der Waals surface area contributed by atoms with E-state index in [1.54, 1.807) is 6.07 Å². The Morgan fingerprint density at radius 3 is 2.06 bits per heavy atom. The second-order valence-electron chi connectivity index (χ2n) is 3.42. The van der Waals surface area contributed by atoms with Gasteiger partial charge in [0.1, 0.15) is 5.75 Å². The van der Waals surface area contributed by atoms with Crippen molar-refractivity contribution < 1.29 is 17.9 Å². The number of rotatable bonds is 2. The van der Waals surface area contributed by atoms with Gasteiger partial charge in [0.15, 0.2) is 0 Å². The van der Waals surface area contributed by atoms with Crippen LogP contribution >= 0.6 is 11.6 Å². The average molecular weight is 269 g/mol. The third-order valence-electron chi connectivity index (χ3n) is 1.79. The molecule has 0 saturated heterocycles. The van der Waals surface area contributed by atoms with Gasteiger partial charge in [-0.15, -0.1) is 13.2 Å². The molecule has 0 atom stereocenters. The molecular formula is C12H16ClF3O. The SMILES string of the molecule is CC.CC(C)c1cc(Cl)cc(OC(F)(F)F)c1. The van der Waals surface area contributed by atoms with Gasteiger partial charge in [-0.1, -0.05) is 39.3 Å². The molecule has 5 heteroatoms. The lowest BCUT2D eigenvalue weighted by atomic mass is 10.0. The summed E-state index contributed by atoms with van der Waals surface area (Å²) in [4.78, 5) is 0. The number of alkyl halides is 3. The maximum atomic E-state index is 11.9. The van der Waals surface area contributed by atoms with Gasteiger partial charge in [0.2, 0.25) is 0 Å². The van der Waals surface area contributed by atoms with Crippen LogP contribution in [0.15, 0.2) is 18.2 Å². The largest absolute Gasteiger partial charge is 0.573 e. The van der Waals surface area contributed by atoms with Gasteiger partial charge in [0.05, 0.1) is 0 Å². The average Bonchev–Trinajstić information content (AvgIpc) is 2.17. The van der Waals surface area contributed by atoms with Gasteiger partial charge >= 0.3 is 6.36 Å². The van der Waals surface area contributed by atoms with Gasteiger partial charge in [-0.25, -0.2) is 0 Å². The maximum absolute atomic E-state index is 11.9. The van der Waals surface area contributed by atoms with E-state index in [9.17, 15) is 13.2 Å². The van der Waals surface area contributed by atoms with Gasteiger partial charge in [-0.3, -0.25) is 0 Å². The first-order valence-corrected chi connectivity index (χ1v) is 5.72. The first kappa shape index (κ1) is 16.1. The zero-order chi connectivity index (χ0) is 13.6. The summed E-state index contributed by atoms with van der Waals surface area (Å²) in [5.74, 6) is -0.182. The van der Waals surface area contributed by atoms with Crippen LogP contribution in [0.4, 0.5) is 13.2 Å². The highest BCUT2D eigenvalue weighted by molar-refractivity contribution is 6.30. The molecule has 0 fully saturated rings. The standard InChI is InChI=1S/C10H10ClF3O.C2H6/c1-6(2)7-3-8(11)5-9(4-7)15-10(12,13)14;1-2/h3-6H,1-2H3;1-2H3. The summed E-state index contributed by atoms with van der Waals surface area (Å²) >= 11 is 5.68. The highest BCUT2D eigenvalue weighted by Gasteiger charge is 2.31. The Morgan fingerprint density at radius 2 is 1.65 bits per heavy atom. The molecule has 0 spiro atoms. The highest BCUT2D eigenvalue weighted by atomic mass is 35.5. The van der Waals surface area contributed by atoms with Crippen molar-refractivity contribution >= 4 is 11.6 Å². The smallest absolute Gasteiger partial charge is 0.406 e. The molecule has 0 aliphatic rings. The van der Waals surface area contributed by atoms with Crippen LogP contribution in [0, 0.1) is 0 Å². The Kier molecular flexibility index (Phi) is 6.39. The van der Waals surface area contributed by atoms with E-state index in [0.717, 1.165) is 6.07 Å². The lowest BCUT2D eigenvalue weighted by molar-refractivity contribution is -0.274. The van der Waals surface area contributed by atoms with Crippen LogP contribution in [-0.4, -0.2) is 6.36 Å². The Morgan fingerprint density at radius 1 is 1.12 bits per heavy atom. The minimum atomic E-state index is -4.68. The molecule has 0 unspecified atom stereocenters. The highest BCUT2D eigenvalue weighted by Crippen LogP contribution is 2.29. The fraction of sp³-hybridized carbons (Fsp3) is 0.500. The minimum Gasteiger partial charge on any atom is -0.406 e. The van der Waals surface area contributed by atoms with E-state index in [2.05, 4.69) is 4.74 Å². The van der Waals surface area contributed by atoms with Gasteiger partial charge in [-0.05, 0) is 29.7 Å². The molecule has 0 heterocycles. The van der Waals surface area contributed by atoms with Crippen LogP contribution in [0.3, 0.4) is 0 Å². The van der Waals surface area contributed by atoms with E-state index in [-0.39, 0.29) is 16.7 Å². The molecule has 0 saturated carbocycles. The first-order chi connectivity index (χ1) is 7.78. The van der Waals surface area contributed by atoms with Crippen LogP contribution in [0.2, 0.25) is 5.02 Å². The molecule has 1 rings (SSSR count). The van der Waals surface area contributed by atoms with E-state index < -0.39 is 6.36 Å². The molecule has 0 bridgehead atoms. The number of benzene rings is 1. The van der Waals surface area contributed by atoms with E-state index in [1.165, 1.54) is 6.07 Å². The summed E-state index contributed by atoms with van der Waals surface area (Å²) in [7, 11) is 0. The first-order valence-electron chi connectivity index (χ1n) is 5.34. The third-order valence-corrected chi connectivity index (χ3v) is 2.01. The van der Waals surface area contributed by atoms with Gasteiger partial charge < -0.3 is 4.74 Å². The van der Waals surface area contributed by atoms with Crippen LogP contribution in [0.25, 0.3) is 0 Å². The third kappa shape index (κ3) is 6.41. The number of hydrogen-bond donors (Lipinski definition) is 0. The van der Waals surface area contributed by atoms with Gasteiger partial charge in [0.25, 0.3) is 0 Å². The maximum Gasteiger partial charge on any atom is 0.573 e. The van der Waals surface area contributed by atoms with Crippen molar-refractivity contribution in [3.63, 3.8) is 0 Å². The predicted molar refractivity (Wildman–Crippen MR) is 63.6 cm³/mol. The molecule has 98 valence electrons. The Hall–Kier alpha value is -0.900. The zero-order valence-electron chi connectivity index (χ0n) is 10.2. The Labute approximate surface area is 105 Å². The van der Waals surface area contributed by atoms with Crippen LogP contribution in [-0.2, 0) is 0 Å².